The molecule has 0 bridgehead atoms. The van der Waals surface area contributed by atoms with Crippen LogP contribution in [0.5, 0.6) is 0 Å². The third kappa shape index (κ3) is 1.74. The van der Waals surface area contributed by atoms with Crippen LogP contribution in [0.25, 0.3) is 0 Å². The second-order valence-electron chi connectivity index (χ2n) is 2.06. The van der Waals surface area contributed by atoms with Gasteiger partial charge in [0, 0.05) is 0 Å². The summed E-state index contributed by atoms with van der Waals surface area (Å²) in [7, 11) is -1.66. The molecule has 0 atom stereocenters. The smallest absolute Gasteiger partial charge is 0.422 e. The molecule has 0 aliphatic heterocycles. The first-order valence-electron chi connectivity index (χ1n) is 3.08. The van der Waals surface area contributed by atoms with E-state index in [0.29, 0.717) is 0 Å². The molecule has 0 unspecified atom stereocenters. The number of rotatable bonds is 1. The summed E-state index contributed by atoms with van der Waals surface area (Å²) < 4.78 is 0. The van der Waals surface area contributed by atoms with Crippen molar-refractivity contribution in [3.8, 4) is 6.07 Å². The summed E-state index contributed by atoms with van der Waals surface area (Å²) in [5, 5.41) is 25.8. The third-order valence-electron chi connectivity index (χ3n) is 1.26. The van der Waals surface area contributed by atoms with Crippen LogP contribution < -0.4 is 5.59 Å². The van der Waals surface area contributed by atoms with E-state index in [9.17, 15) is 0 Å². The molecule has 0 saturated heterocycles. The maximum Gasteiger partial charge on any atom is 0.508 e. The lowest BCUT2D eigenvalue weighted by Crippen LogP contribution is -2.32. The lowest BCUT2D eigenvalue weighted by atomic mass is 9.85. The summed E-state index contributed by atoms with van der Waals surface area (Å²) in [6.07, 6.45) is 0. The van der Waals surface area contributed by atoms with E-state index in [4.69, 9.17) is 26.9 Å². The predicted octanol–water partition coefficient (Wildman–Crippen LogP) is -0.714. The highest BCUT2D eigenvalue weighted by molar-refractivity contribution is 6.57. The Morgan fingerprint density at radius 1 is 1.50 bits per heavy atom. The second-order valence-corrected chi connectivity index (χ2v) is 2.42. The minimum atomic E-state index is -1.66. The molecule has 0 saturated carbocycles. The largest absolute Gasteiger partial charge is 0.508 e. The number of nitrogens with zero attached hydrogens (tertiary/aromatic N) is 2. The zero-order valence-electron chi connectivity index (χ0n) is 5.90. The van der Waals surface area contributed by atoms with E-state index in [2.05, 4.69) is 4.98 Å². The van der Waals surface area contributed by atoms with Gasteiger partial charge < -0.3 is 10.0 Å². The molecule has 0 radical (unpaired) electrons. The van der Waals surface area contributed by atoms with Crippen molar-refractivity contribution in [3.05, 3.63) is 22.8 Å². The maximum absolute atomic E-state index is 8.66. The molecular weight excluding hydrogens is 178 g/mol. The summed E-state index contributed by atoms with van der Waals surface area (Å²) >= 11 is 5.52. The van der Waals surface area contributed by atoms with Crippen LogP contribution in [0.4, 0.5) is 0 Å². The highest BCUT2D eigenvalue weighted by atomic mass is 35.5. The first-order chi connectivity index (χ1) is 5.65. The molecule has 6 heteroatoms. The Kier molecular flexibility index (Phi) is 2.66. The average Bonchev–Trinajstić information content (AvgIpc) is 2.04. The monoisotopic (exact) mass is 182 g/mol. The lowest BCUT2D eigenvalue weighted by molar-refractivity contribution is 0.424. The molecule has 1 rings (SSSR count). The first kappa shape index (κ1) is 9.01. The van der Waals surface area contributed by atoms with Crippen LogP contribution in [0.1, 0.15) is 5.56 Å². The van der Waals surface area contributed by atoms with Gasteiger partial charge in [-0.15, -0.1) is 0 Å². The zero-order chi connectivity index (χ0) is 9.14. The van der Waals surface area contributed by atoms with Gasteiger partial charge in [0.15, 0.2) is 0 Å². The highest BCUT2D eigenvalue weighted by Gasteiger charge is 2.14. The maximum atomic E-state index is 8.66. The molecule has 60 valence electrons. The van der Waals surface area contributed by atoms with Gasteiger partial charge >= 0.3 is 7.12 Å². The fraction of sp³-hybridized carbons (Fsp3) is 0. The van der Waals surface area contributed by atoms with Crippen LogP contribution in [-0.4, -0.2) is 22.2 Å². The van der Waals surface area contributed by atoms with Crippen molar-refractivity contribution in [2.75, 3.05) is 0 Å². The van der Waals surface area contributed by atoms with E-state index in [1.165, 1.54) is 12.1 Å². The molecule has 2 N–H and O–H groups in total. The van der Waals surface area contributed by atoms with Crippen LogP contribution in [0.2, 0.25) is 5.15 Å². The average molecular weight is 182 g/mol. The number of pyridine rings is 1. The van der Waals surface area contributed by atoms with E-state index in [1.54, 1.807) is 6.07 Å². The molecule has 1 heterocycles. The minimum absolute atomic E-state index is 0.0249. The van der Waals surface area contributed by atoms with Crippen molar-refractivity contribution >= 4 is 24.3 Å². The van der Waals surface area contributed by atoms with Gasteiger partial charge in [-0.25, -0.2) is 4.98 Å². The molecule has 0 spiro atoms. The summed E-state index contributed by atoms with van der Waals surface area (Å²) in [6, 6.07) is 4.51. The standard InChI is InChI=1S/C6H4BClN2O2/c8-6-4(3-9)1-2-5(10-6)7(11)12/h1-2,11-12H. The Bertz CT molecular complexity index is 337. The van der Waals surface area contributed by atoms with Gasteiger partial charge in [-0.2, -0.15) is 5.26 Å². The van der Waals surface area contributed by atoms with Crippen molar-refractivity contribution in [3.63, 3.8) is 0 Å². The topological polar surface area (TPSA) is 77.1 Å². The Morgan fingerprint density at radius 3 is 2.58 bits per heavy atom. The Labute approximate surface area is 74.2 Å². The predicted molar refractivity (Wildman–Crippen MR) is 43.8 cm³/mol. The Hall–Kier alpha value is -1.09. The third-order valence-corrected chi connectivity index (χ3v) is 1.54. The van der Waals surface area contributed by atoms with Gasteiger partial charge in [0.2, 0.25) is 0 Å². The van der Waals surface area contributed by atoms with Crippen molar-refractivity contribution in [1.29, 1.82) is 5.26 Å². The van der Waals surface area contributed by atoms with Crippen molar-refractivity contribution in [2.45, 2.75) is 0 Å². The van der Waals surface area contributed by atoms with Gasteiger partial charge in [-0.3, -0.25) is 0 Å². The molecule has 1 aromatic heterocycles. The van der Waals surface area contributed by atoms with Crippen molar-refractivity contribution in [2.24, 2.45) is 0 Å². The minimum Gasteiger partial charge on any atom is -0.422 e. The van der Waals surface area contributed by atoms with Crippen molar-refractivity contribution in [1.82, 2.24) is 4.98 Å². The van der Waals surface area contributed by atoms with Gasteiger partial charge in [-0.05, 0) is 12.1 Å². The van der Waals surface area contributed by atoms with Gasteiger partial charge in [0.1, 0.15) is 11.2 Å². The number of hydrogen-bond acceptors (Lipinski definition) is 4. The van der Waals surface area contributed by atoms with Gasteiger partial charge in [0.05, 0.1) is 11.2 Å². The van der Waals surface area contributed by atoms with E-state index in [-0.39, 0.29) is 16.3 Å². The summed E-state index contributed by atoms with van der Waals surface area (Å²) in [4.78, 5) is 3.59. The van der Waals surface area contributed by atoms with Crippen LogP contribution in [-0.2, 0) is 0 Å². The van der Waals surface area contributed by atoms with Crippen molar-refractivity contribution < 1.29 is 10.0 Å². The van der Waals surface area contributed by atoms with E-state index in [1.807, 2.05) is 0 Å². The summed E-state index contributed by atoms with van der Waals surface area (Å²) in [5.41, 5.74) is 0.236. The Morgan fingerprint density at radius 2 is 2.17 bits per heavy atom. The summed E-state index contributed by atoms with van der Waals surface area (Å²) in [6.45, 7) is 0. The molecule has 0 aliphatic carbocycles. The van der Waals surface area contributed by atoms with E-state index < -0.39 is 7.12 Å². The van der Waals surface area contributed by atoms with Crippen LogP contribution in [0.3, 0.4) is 0 Å². The number of hydrogen-bond donors (Lipinski definition) is 2. The zero-order valence-corrected chi connectivity index (χ0v) is 6.65. The molecule has 0 amide bonds. The molecular formula is C6H4BClN2O2. The summed E-state index contributed by atoms with van der Waals surface area (Å²) in [5.74, 6) is 0. The van der Waals surface area contributed by atoms with Gasteiger partial charge in [-0.1, -0.05) is 11.6 Å². The molecule has 0 fully saturated rings. The fourth-order valence-corrected chi connectivity index (χ4v) is 0.878. The van der Waals surface area contributed by atoms with Crippen LogP contribution in [0, 0.1) is 11.3 Å². The quantitative estimate of drug-likeness (QED) is 0.444. The number of aromatic nitrogens is 1. The molecule has 0 aliphatic rings. The SMILES string of the molecule is N#Cc1ccc(B(O)O)nc1Cl. The number of nitriles is 1. The fourth-order valence-electron chi connectivity index (χ4n) is 0.676. The normalized spacial score (nSPS) is 9.17. The molecule has 4 nitrogen and oxygen atoms in total. The molecule has 0 aromatic carbocycles. The van der Waals surface area contributed by atoms with Crippen LogP contribution >= 0.6 is 11.6 Å². The lowest BCUT2D eigenvalue weighted by Gasteiger charge is -1.98. The number of halogens is 1. The highest BCUT2D eigenvalue weighted by Crippen LogP contribution is 2.08. The van der Waals surface area contributed by atoms with E-state index in [0.717, 1.165) is 0 Å². The molecule has 1 aromatic rings. The van der Waals surface area contributed by atoms with E-state index >= 15 is 0 Å². The van der Waals surface area contributed by atoms with Crippen LogP contribution in [0.15, 0.2) is 12.1 Å². The second kappa shape index (κ2) is 3.54. The Balaban J connectivity index is 3.12. The first-order valence-corrected chi connectivity index (χ1v) is 3.45. The van der Waals surface area contributed by atoms with Gasteiger partial charge in [0.25, 0.3) is 0 Å². The molecule has 12 heavy (non-hydrogen) atoms.